The van der Waals surface area contributed by atoms with Gasteiger partial charge in [-0.3, -0.25) is 9.48 Å². The Morgan fingerprint density at radius 1 is 1.12 bits per heavy atom. The third kappa shape index (κ3) is 5.54. The van der Waals surface area contributed by atoms with Crippen LogP contribution in [0.3, 0.4) is 0 Å². The Morgan fingerprint density at radius 3 is 2.63 bits per heavy atom. The minimum Gasteiger partial charge on any atom is -0.475 e. The molecule has 4 heterocycles. The van der Waals surface area contributed by atoms with E-state index in [1.165, 1.54) is 4.90 Å². The molecule has 7 rings (SSSR count). The van der Waals surface area contributed by atoms with Crippen molar-refractivity contribution in [2.75, 3.05) is 26.7 Å². The lowest BCUT2D eigenvalue weighted by atomic mass is 9.90. The zero-order chi connectivity index (χ0) is 34.4. The summed E-state index contributed by atoms with van der Waals surface area (Å²) < 4.78 is 39.3. The first-order valence-corrected chi connectivity index (χ1v) is 16.5. The number of hydrogen-bond donors (Lipinski definition) is 0. The van der Waals surface area contributed by atoms with Gasteiger partial charge in [0.15, 0.2) is 11.6 Å². The Kier molecular flexibility index (Phi) is 8.47. The van der Waals surface area contributed by atoms with Crippen LogP contribution in [0.1, 0.15) is 49.3 Å². The molecule has 49 heavy (non-hydrogen) atoms. The summed E-state index contributed by atoms with van der Waals surface area (Å²) in [4.78, 5) is 21.0. The van der Waals surface area contributed by atoms with Gasteiger partial charge < -0.3 is 14.5 Å². The molecule has 1 amide bonds. The van der Waals surface area contributed by atoms with Crippen LogP contribution in [0.5, 0.6) is 5.88 Å². The molecule has 0 spiro atoms. The predicted octanol–water partition coefficient (Wildman–Crippen LogP) is 7.13. The zero-order valence-corrected chi connectivity index (χ0v) is 27.4. The molecule has 0 saturated carbocycles. The van der Waals surface area contributed by atoms with Gasteiger partial charge in [-0.25, -0.2) is 13.8 Å². The van der Waals surface area contributed by atoms with E-state index >= 15 is 4.39 Å². The van der Waals surface area contributed by atoms with Crippen molar-refractivity contribution in [2.45, 2.75) is 57.2 Å². The van der Waals surface area contributed by atoms with Crippen LogP contribution in [-0.4, -0.2) is 69.3 Å². The quantitative estimate of drug-likeness (QED) is 0.171. The summed E-state index contributed by atoms with van der Waals surface area (Å²) >= 11 is 0. The first-order chi connectivity index (χ1) is 23.7. The van der Waals surface area contributed by atoms with Crippen LogP contribution < -0.4 is 4.74 Å². The molecular weight excluding hydrogens is 624 g/mol. The molecule has 5 aromatic rings. The first-order valence-electron chi connectivity index (χ1n) is 16.5. The number of rotatable bonds is 7. The van der Waals surface area contributed by atoms with Gasteiger partial charge in [0.1, 0.15) is 12.1 Å². The highest BCUT2D eigenvalue weighted by molar-refractivity contribution is 6.09. The van der Waals surface area contributed by atoms with Crippen LogP contribution in [0, 0.1) is 35.4 Å². The normalized spacial score (nSPS) is 19.7. The molecule has 9 nitrogen and oxygen atoms in total. The van der Waals surface area contributed by atoms with Crippen molar-refractivity contribution in [1.29, 1.82) is 10.5 Å². The number of amides is 1. The van der Waals surface area contributed by atoms with Crippen LogP contribution in [0.15, 0.2) is 61.1 Å². The number of hydrogen-bond acceptors (Lipinski definition) is 7. The number of ether oxygens (including phenoxy) is 1. The van der Waals surface area contributed by atoms with Crippen molar-refractivity contribution in [2.24, 2.45) is 0 Å². The maximum absolute atomic E-state index is 17.2. The van der Waals surface area contributed by atoms with E-state index in [0.29, 0.717) is 63.4 Å². The molecule has 11 heteroatoms. The number of halogens is 2. The summed E-state index contributed by atoms with van der Waals surface area (Å²) in [5, 5.41) is 27.0. The van der Waals surface area contributed by atoms with Crippen molar-refractivity contribution in [3.63, 3.8) is 0 Å². The largest absolute Gasteiger partial charge is 0.475 e. The number of likely N-dealkylation sites (tertiary alicyclic amines) is 2. The summed E-state index contributed by atoms with van der Waals surface area (Å²) in [6, 6.07) is 16.7. The number of nitrogens with zero attached hydrogens (tertiary/aromatic N) is 7. The highest BCUT2D eigenvalue weighted by atomic mass is 19.1. The lowest BCUT2D eigenvalue weighted by Crippen LogP contribution is -2.46. The van der Waals surface area contributed by atoms with E-state index < -0.39 is 23.6 Å². The number of aromatic nitrogens is 3. The Morgan fingerprint density at radius 2 is 1.92 bits per heavy atom. The molecule has 0 radical (unpaired) electrons. The summed E-state index contributed by atoms with van der Waals surface area (Å²) in [6.45, 7) is 6.57. The van der Waals surface area contributed by atoms with Crippen LogP contribution in [-0.2, 0) is 4.79 Å². The van der Waals surface area contributed by atoms with E-state index in [-0.39, 0.29) is 36.4 Å². The summed E-state index contributed by atoms with van der Waals surface area (Å²) in [5.74, 6) is -2.14. The van der Waals surface area contributed by atoms with E-state index in [4.69, 9.17) is 14.8 Å². The van der Waals surface area contributed by atoms with E-state index in [9.17, 15) is 19.7 Å². The van der Waals surface area contributed by atoms with Gasteiger partial charge >= 0.3 is 0 Å². The number of benzene rings is 3. The SMILES string of the molecule is C=C(F)C(=O)N1CC[C@H](n2ncc3c(OC[C@@H]4CCCN4C)nc4c(F)c(-c5cccc6cccc(C#N)c56)c(C)cc4c32)C[C@H]1CC#N. The van der Waals surface area contributed by atoms with Crippen LogP contribution in [0.2, 0.25) is 0 Å². The van der Waals surface area contributed by atoms with Crippen molar-refractivity contribution in [3.05, 3.63) is 78.0 Å². The smallest absolute Gasteiger partial charge is 0.282 e. The fourth-order valence-electron chi connectivity index (χ4n) is 7.70. The Hall–Kier alpha value is -5.39. The van der Waals surface area contributed by atoms with Gasteiger partial charge in [-0.1, -0.05) is 36.9 Å². The fraction of sp³-hybridized carbons (Fsp3) is 0.342. The number of nitriles is 2. The molecular formula is C38H35F2N7O2. The standard InChI is InChI=1S/C38H35F2N7O2/c1-22-17-30-35(34(40)32(22)29-11-5-8-24-7-4-9-25(19-42)33(24)29)44-37(49-21-28-10-6-15-45(28)3)31-20-43-47(36(30)31)27-13-16-46(38(48)23(2)39)26(18-27)12-14-41/h4-5,7-9,11,17,20,26-28H,2,6,10,12-13,15-16,18,21H2,1,3H3/t26-,27+,28+/m1/s1. The average Bonchev–Trinajstić information content (AvgIpc) is 3.73. The van der Waals surface area contributed by atoms with Crippen molar-refractivity contribution >= 4 is 38.5 Å². The average molecular weight is 660 g/mol. The molecule has 0 unspecified atom stereocenters. The lowest BCUT2D eigenvalue weighted by Gasteiger charge is -2.38. The Bertz CT molecular complexity index is 2230. The second-order valence-corrected chi connectivity index (χ2v) is 13.1. The van der Waals surface area contributed by atoms with Crippen molar-refractivity contribution in [3.8, 4) is 29.1 Å². The molecule has 248 valence electrons. The minimum absolute atomic E-state index is 0.0209. The topological polar surface area (TPSA) is 111 Å². The van der Waals surface area contributed by atoms with Gasteiger partial charge in [0, 0.05) is 35.0 Å². The van der Waals surface area contributed by atoms with E-state index in [1.807, 2.05) is 48.0 Å². The van der Waals surface area contributed by atoms with E-state index in [2.05, 4.69) is 30.7 Å². The molecule has 2 aliphatic rings. The van der Waals surface area contributed by atoms with Gasteiger partial charge in [0.25, 0.3) is 5.91 Å². The Balaban J connectivity index is 1.41. The van der Waals surface area contributed by atoms with Gasteiger partial charge in [-0.15, -0.1) is 0 Å². The molecule has 2 aliphatic heterocycles. The van der Waals surface area contributed by atoms with Gasteiger partial charge in [-0.05, 0) is 74.8 Å². The molecule has 2 fully saturated rings. The molecule has 0 bridgehead atoms. The van der Waals surface area contributed by atoms with Crippen molar-refractivity contribution in [1.82, 2.24) is 24.6 Å². The number of piperidine rings is 1. The Labute approximate surface area is 282 Å². The van der Waals surface area contributed by atoms with Crippen LogP contribution >= 0.6 is 0 Å². The highest BCUT2D eigenvalue weighted by Crippen LogP contribution is 2.42. The van der Waals surface area contributed by atoms with E-state index in [0.717, 1.165) is 24.8 Å². The van der Waals surface area contributed by atoms with Crippen LogP contribution in [0.25, 0.3) is 43.7 Å². The first kappa shape index (κ1) is 32.2. The van der Waals surface area contributed by atoms with Gasteiger partial charge in [0.05, 0.1) is 47.3 Å². The third-order valence-electron chi connectivity index (χ3n) is 10.2. The number of fused-ring (bicyclic) bond motifs is 4. The predicted molar refractivity (Wildman–Crippen MR) is 183 cm³/mol. The number of likely N-dealkylation sites (N-methyl/N-ethyl adjacent to an activating group) is 1. The van der Waals surface area contributed by atoms with Crippen LogP contribution in [0.4, 0.5) is 8.78 Å². The maximum Gasteiger partial charge on any atom is 0.282 e. The van der Waals surface area contributed by atoms with Gasteiger partial charge in [0.2, 0.25) is 5.88 Å². The zero-order valence-electron chi connectivity index (χ0n) is 27.4. The fourth-order valence-corrected chi connectivity index (χ4v) is 7.70. The lowest BCUT2D eigenvalue weighted by molar-refractivity contribution is -0.132. The molecule has 3 atom stereocenters. The third-order valence-corrected chi connectivity index (χ3v) is 10.2. The highest BCUT2D eigenvalue weighted by Gasteiger charge is 2.35. The molecule has 0 aliphatic carbocycles. The number of carbonyl (C=O) groups excluding carboxylic acids is 1. The minimum atomic E-state index is -1.06. The monoisotopic (exact) mass is 659 g/mol. The second-order valence-electron chi connectivity index (χ2n) is 13.1. The van der Waals surface area contributed by atoms with Gasteiger partial charge in [-0.2, -0.15) is 15.6 Å². The number of aryl methyl sites for hydroxylation is 1. The summed E-state index contributed by atoms with van der Waals surface area (Å²) in [6.07, 6.45) is 4.54. The van der Waals surface area contributed by atoms with E-state index in [1.54, 1.807) is 12.3 Å². The number of carbonyl (C=O) groups is 1. The summed E-state index contributed by atoms with van der Waals surface area (Å²) in [7, 11) is 2.06. The maximum atomic E-state index is 17.2. The molecule has 3 aromatic carbocycles. The second kappa shape index (κ2) is 12.9. The molecule has 0 N–H and O–H groups in total. The number of pyridine rings is 1. The van der Waals surface area contributed by atoms with Crippen molar-refractivity contribution < 1.29 is 18.3 Å². The summed E-state index contributed by atoms with van der Waals surface area (Å²) in [5.41, 5.74) is 2.82. The molecule has 2 aromatic heterocycles. The molecule has 2 saturated heterocycles.